The fourth-order valence-electron chi connectivity index (χ4n) is 2.03. The van der Waals surface area contributed by atoms with Crippen LogP contribution in [0.3, 0.4) is 0 Å². The van der Waals surface area contributed by atoms with E-state index in [1.54, 1.807) is 6.26 Å². The van der Waals surface area contributed by atoms with Crippen LogP contribution in [0.5, 0.6) is 0 Å². The molecule has 70 valence electrons. The Bertz CT molecular complexity index is 312. The SMILES string of the molecule is CCC1(C)C=COC2=C1C(=O)CC2. The first-order valence-electron chi connectivity index (χ1n) is 4.78. The van der Waals surface area contributed by atoms with E-state index in [4.69, 9.17) is 4.74 Å². The Morgan fingerprint density at radius 1 is 1.54 bits per heavy atom. The minimum absolute atomic E-state index is 0.0822. The quantitative estimate of drug-likeness (QED) is 0.616. The summed E-state index contributed by atoms with van der Waals surface area (Å²) in [7, 11) is 0. The van der Waals surface area contributed by atoms with Crippen LogP contribution in [0.25, 0.3) is 0 Å². The summed E-state index contributed by atoms with van der Waals surface area (Å²) >= 11 is 0. The van der Waals surface area contributed by atoms with E-state index in [1.807, 2.05) is 6.08 Å². The molecule has 1 aliphatic carbocycles. The molecule has 1 unspecified atom stereocenters. The lowest BCUT2D eigenvalue weighted by molar-refractivity contribution is -0.115. The molecule has 0 bridgehead atoms. The molecule has 0 saturated carbocycles. The molecule has 0 radical (unpaired) electrons. The number of hydrogen-bond donors (Lipinski definition) is 0. The van der Waals surface area contributed by atoms with Crippen molar-refractivity contribution in [2.75, 3.05) is 0 Å². The molecule has 1 aliphatic heterocycles. The molecule has 0 spiro atoms. The highest BCUT2D eigenvalue weighted by molar-refractivity contribution is 6.00. The first-order chi connectivity index (χ1) is 6.17. The second-order valence-electron chi connectivity index (χ2n) is 3.91. The Labute approximate surface area is 78.3 Å². The number of hydrogen-bond acceptors (Lipinski definition) is 2. The molecule has 0 amide bonds. The van der Waals surface area contributed by atoms with Crippen LogP contribution in [0.15, 0.2) is 23.7 Å². The van der Waals surface area contributed by atoms with Gasteiger partial charge in [0.1, 0.15) is 5.76 Å². The van der Waals surface area contributed by atoms with Gasteiger partial charge in [0.25, 0.3) is 0 Å². The van der Waals surface area contributed by atoms with Gasteiger partial charge in [-0.15, -0.1) is 0 Å². The Morgan fingerprint density at radius 2 is 2.31 bits per heavy atom. The smallest absolute Gasteiger partial charge is 0.163 e. The van der Waals surface area contributed by atoms with Crippen molar-refractivity contribution in [1.82, 2.24) is 0 Å². The molecule has 0 aromatic carbocycles. The molecule has 2 aliphatic rings. The van der Waals surface area contributed by atoms with Gasteiger partial charge in [-0.2, -0.15) is 0 Å². The van der Waals surface area contributed by atoms with Gasteiger partial charge < -0.3 is 4.74 Å². The van der Waals surface area contributed by atoms with Crippen LogP contribution in [-0.2, 0) is 9.53 Å². The highest BCUT2D eigenvalue weighted by atomic mass is 16.5. The summed E-state index contributed by atoms with van der Waals surface area (Å²) in [5, 5.41) is 0. The van der Waals surface area contributed by atoms with Crippen molar-refractivity contribution in [3.05, 3.63) is 23.7 Å². The van der Waals surface area contributed by atoms with Gasteiger partial charge in [0, 0.05) is 23.8 Å². The predicted octanol–water partition coefficient (Wildman–Crippen LogP) is 2.56. The molecule has 0 aromatic rings. The fraction of sp³-hybridized carbons (Fsp3) is 0.545. The van der Waals surface area contributed by atoms with Crippen LogP contribution in [0.4, 0.5) is 0 Å². The molecule has 1 atom stereocenters. The van der Waals surface area contributed by atoms with Gasteiger partial charge in [-0.3, -0.25) is 4.79 Å². The number of carbonyl (C=O) groups excluding carboxylic acids is 1. The lowest BCUT2D eigenvalue weighted by Gasteiger charge is -2.28. The van der Waals surface area contributed by atoms with E-state index in [0.29, 0.717) is 6.42 Å². The Kier molecular flexibility index (Phi) is 1.79. The fourth-order valence-corrected chi connectivity index (χ4v) is 2.03. The molecular weight excluding hydrogens is 164 g/mol. The van der Waals surface area contributed by atoms with Gasteiger partial charge in [-0.1, -0.05) is 13.8 Å². The Hall–Kier alpha value is -1.05. The predicted molar refractivity (Wildman–Crippen MR) is 49.9 cm³/mol. The normalized spacial score (nSPS) is 32.0. The highest BCUT2D eigenvalue weighted by Crippen LogP contribution is 2.43. The van der Waals surface area contributed by atoms with Crippen molar-refractivity contribution in [2.45, 2.75) is 33.1 Å². The van der Waals surface area contributed by atoms with Crippen LogP contribution in [0.1, 0.15) is 33.1 Å². The van der Waals surface area contributed by atoms with Crippen LogP contribution >= 0.6 is 0 Å². The van der Waals surface area contributed by atoms with Crippen LogP contribution in [0.2, 0.25) is 0 Å². The maximum atomic E-state index is 11.6. The Morgan fingerprint density at radius 3 is 3.00 bits per heavy atom. The first kappa shape index (κ1) is 8.54. The van der Waals surface area contributed by atoms with Gasteiger partial charge in [-0.05, 0) is 12.5 Å². The summed E-state index contributed by atoms with van der Waals surface area (Å²) in [4.78, 5) is 11.6. The molecule has 13 heavy (non-hydrogen) atoms. The van der Waals surface area contributed by atoms with Crippen molar-refractivity contribution in [3.8, 4) is 0 Å². The lowest BCUT2D eigenvalue weighted by Crippen LogP contribution is -2.22. The van der Waals surface area contributed by atoms with E-state index in [0.717, 1.165) is 24.2 Å². The van der Waals surface area contributed by atoms with Crippen molar-refractivity contribution in [2.24, 2.45) is 5.41 Å². The van der Waals surface area contributed by atoms with E-state index in [-0.39, 0.29) is 11.2 Å². The van der Waals surface area contributed by atoms with Gasteiger partial charge in [0.15, 0.2) is 5.78 Å². The first-order valence-corrected chi connectivity index (χ1v) is 4.78. The maximum Gasteiger partial charge on any atom is 0.163 e. The van der Waals surface area contributed by atoms with E-state index < -0.39 is 0 Å². The molecule has 2 nitrogen and oxygen atoms in total. The third-order valence-electron chi connectivity index (χ3n) is 3.09. The number of ketones is 1. The topological polar surface area (TPSA) is 26.3 Å². The molecule has 0 N–H and O–H groups in total. The van der Waals surface area contributed by atoms with E-state index in [2.05, 4.69) is 13.8 Å². The second-order valence-corrected chi connectivity index (χ2v) is 3.91. The number of carbonyl (C=O) groups is 1. The average molecular weight is 178 g/mol. The molecule has 0 saturated heterocycles. The monoisotopic (exact) mass is 178 g/mol. The summed E-state index contributed by atoms with van der Waals surface area (Å²) in [5.74, 6) is 1.17. The zero-order chi connectivity index (χ0) is 9.47. The summed E-state index contributed by atoms with van der Waals surface area (Å²) in [6.07, 6.45) is 6.09. The van der Waals surface area contributed by atoms with Crippen molar-refractivity contribution < 1.29 is 9.53 Å². The standard InChI is InChI=1S/C11H14O2/c1-3-11(2)6-7-13-9-5-4-8(12)10(9)11/h6-7H,3-5H2,1-2H3. The zero-order valence-corrected chi connectivity index (χ0v) is 8.09. The summed E-state index contributed by atoms with van der Waals surface area (Å²) < 4.78 is 5.35. The van der Waals surface area contributed by atoms with Crippen molar-refractivity contribution >= 4 is 5.78 Å². The van der Waals surface area contributed by atoms with Crippen LogP contribution in [-0.4, -0.2) is 5.78 Å². The summed E-state index contributed by atoms with van der Waals surface area (Å²) in [5.41, 5.74) is 0.832. The minimum atomic E-state index is -0.0822. The summed E-state index contributed by atoms with van der Waals surface area (Å²) in [6, 6.07) is 0. The van der Waals surface area contributed by atoms with Crippen molar-refractivity contribution in [3.63, 3.8) is 0 Å². The van der Waals surface area contributed by atoms with Gasteiger partial charge in [0.2, 0.25) is 0 Å². The third-order valence-corrected chi connectivity index (χ3v) is 3.09. The van der Waals surface area contributed by atoms with Crippen molar-refractivity contribution in [1.29, 1.82) is 0 Å². The third kappa shape index (κ3) is 1.12. The molecule has 0 fully saturated rings. The number of Topliss-reactive ketones (excluding diaryl/α,β-unsaturated/α-hetero) is 1. The van der Waals surface area contributed by atoms with Gasteiger partial charge in [-0.25, -0.2) is 0 Å². The maximum absolute atomic E-state index is 11.6. The largest absolute Gasteiger partial charge is 0.469 e. The lowest BCUT2D eigenvalue weighted by atomic mass is 9.78. The second kappa shape index (κ2) is 2.72. The van der Waals surface area contributed by atoms with E-state index in [1.165, 1.54) is 0 Å². The number of rotatable bonds is 1. The van der Waals surface area contributed by atoms with Crippen LogP contribution in [0, 0.1) is 5.41 Å². The summed E-state index contributed by atoms with van der Waals surface area (Å²) in [6.45, 7) is 4.20. The minimum Gasteiger partial charge on any atom is -0.469 e. The Balaban J connectivity index is 2.44. The highest BCUT2D eigenvalue weighted by Gasteiger charge is 2.38. The zero-order valence-electron chi connectivity index (χ0n) is 8.09. The number of ether oxygens (including phenoxy) is 1. The van der Waals surface area contributed by atoms with E-state index >= 15 is 0 Å². The molecule has 0 aromatic heterocycles. The average Bonchev–Trinajstić information content (AvgIpc) is 2.50. The van der Waals surface area contributed by atoms with Gasteiger partial charge in [0.05, 0.1) is 6.26 Å². The van der Waals surface area contributed by atoms with Gasteiger partial charge >= 0.3 is 0 Å². The molecule has 2 heteroatoms. The van der Waals surface area contributed by atoms with E-state index in [9.17, 15) is 4.79 Å². The molecule has 1 heterocycles. The molecular formula is C11H14O2. The number of allylic oxidation sites excluding steroid dienone is 3. The molecule has 2 rings (SSSR count). The van der Waals surface area contributed by atoms with Crippen LogP contribution < -0.4 is 0 Å².